The minimum absolute atomic E-state index is 0.0869. The Hall–Kier alpha value is -2.52. The summed E-state index contributed by atoms with van der Waals surface area (Å²) in [5, 5.41) is 4.74. The molecule has 3 aromatic rings. The van der Waals surface area contributed by atoms with Crippen molar-refractivity contribution in [2.75, 3.05) is 6.54 Å². The number of rotatable bonds is 5. The van der Waals surface area contributed by atoms with E-state index in [1.54, 1.807) is 6.08 Å². The Labute approximate surface area is 146 Å². The number of amides is 1. The molecule has 0 atom stereocenters. The molecule has 4 heteroatoms. The highest BCUT2D eigenvalue weighted by molar-refractivity contribution is 6.31. The van der Waals surface area contributed by atoms with Crippen molar-refractivity contribution in [3.05, 3.63) is 76.5 Å². The number of fused-ring (bicyclic) bond motifs is 1. The summed E-state index contributed by atoms with van der Waals surface area (Å²) in [6.45, 7) is 2.61. The zero-order valence-electron chi connectivity index (χ0n) is 13.5. The third-order valence-corrected chi connectivity index (χ3v) is 4.26. The van der Waals surface area contributed by atoms with Gasteiger partial charge in [0.25, 0.3) is 0 Å². The molecule has 1 heterocycles. The molecule has 0 saturated carbocycles. The smallest absolute Gasteiger partial charge is 0.244 e. The van der Waals surface area contributed by atoms with Crippen molar-refractivity contribution in [3.8, 4) is 0 Å². The molecule has 3 nitrogen and oxygen atoms in total. The van der Waals surface area contributed by atoms with Crippen LogP contribution in [0.3, 0.4) is 0 Å². The number of aromatic amines is 1. The summed E-state index contributed by atoms with van der Waals surface area (Å²) in [6, 6.07) is 13.7. The molecule has 1 amide bonds. The highest BCUT2D eigenvalue weighted by Crippen LogP contribution is 2.22. The van der Waals surface area contributed by atoms with Crippen LogP contribution in [-0.2, 0) is 11.2 Å². The largest absolute Gasteiger partial charge is 0.361 e. The fourth-order valence-electron chi connectivity index (χ4n) is 2.68. The summed E-state index contributed by atoms with van der Waals surface area (Å²) in [4.78, 5) is 15.2. The van der Waals surface area contributed by atoms with E-state index in [1.165, 1.54) is 0 Å². The zero-order valence-corrected chi connectivity index (χ0v) is 14.2. The molecule has 0 saturated heterocycles. The maximum Gasteiger partial charge on any atom is 0.244 e. The number of carbonyl (C=O) groups excluding carboxylic acids is 1. The normalized spacial score (nSPS) is 11.2. The average Bonchev–Trinajstić information content (AvgIpc) is 2.96. The molecule has 0 spiro atoms. The molecule has 0 aliphatic carbocycles. The second kappa shape index (κ2) is 7.37. The van der Waals surface area contributed by atoms with Crippen LogP contribution >= 0.6 is 11.6 Å². The molecule has 1 aromatic heterocycles. The van der Waals surface area contributed by atoms with Gasteiger partial charge in [-0.25, -0.2) is 0 Å². The van der Waals surface area contributed by atoms with E-state index in [2.05, 4.69) is 10.3 Å². The van der Waals surface area contributed by atoms with Crippen LogP contribution in [0.4, 0.5) is 0 Å². The van der Waals surface area contributed by atoms with E-state index in [0.29, 0.717) is 11.6 Å². The van der Waals surface area contributed by atoms with Gasteiger partial charge in [-0.05, 0) is 54.3 Å². The minimum Gasteiger partial charge on any atom is -0.361 e. The van der Waals surface area contributed by atoms with E-state index in [4.69, 9.17) is 11.6 Å². The molecule has 0 aliphatic rings. The highest BCUT2D eigenvalue weighted by Gasteiger charge is 2.05. The minimum atomic E-state index is -0.0869. The van der Waals surface area contributed by atoms with Gasteiger partial charge >= 0.3 is 0 Å². The summed E-state index contributed by atoms with van der Waals surface area (Å²) in [5.41, 5.74) is 4.41. The van der Waals surface area contributed by atoms with Crippen molar-refractivity contribution in [3.63, 3.8) is 0 Å². The van der Waals surface area contributed by atoms with Crippen LogP contribution in [-0.4, -0.2) is 17.4 Å². The van der Waals surface area contributed by atoms with Gasteiger partial charge in [0.1, 0.15) is 0 Å². The molecule has 0 fully saturated rings. The van der Waals surface area contributed by atoms with Gasteiger partial charge in [-0.1, -0.05) is 35.9 Å². The molecule has 0 radical (unpaired) electrons. The van der Waals surface area contributed by atoms with Gasteiger partial charge in [0, 0.05) is 34.7 Å². The summed E-state index contributed by atoms with van der Waals surface area (Å²) >= 11 is 6.05. The van der Waals surface area contributed by atoms with E-state index < -0.39 is 0 Å². The van der Waals surface area contributed by atoms with Crippen LogP contribution in [0.2, 0.25) is 5.02 Å². The molecule has 24 heavy (non-hydrogen) atoms. The number of aromatic nitrogens is 1. The maximum atomic E-state index is 11.9. The molecule has 122 valence electrons. The van der Waals surface area contributed by atoms with Crippen molar-refractivity contribution in [2.24, 2.45) is 0 Å². The Morgan fingerprint density at radius 3 is 2.92 bits per heavy atom. The number of H-pyrrole nitrogens is 1. The molecule has 2 N–H and O–H groups in total. The summed E-state index contributed by atoms with van der Waals surface area (Å²) in [5.74, 6) is -0.0869. The van der Waals surface area contributed by atoms with Crippen LogP contribution in [0.25, 0.3) is 17.0 Å². The van der Waals surface area contributed by atoms with Crippen molar-refractivity contribution < 1.29 is 4.79 Å². The van der Waals surface area contributed by atoms with Gasteiger partial charge in [0.2, 0.25) is 5.91 Å². The molecule has 2 aromatic carbocycles. The maximum absolute atomic E-state index is 11.9. The molecule has 0 aliphatic heterocycles. The van der Waals surface area contributed by atoms with Crippen LogP contribution in [0.1, 0.15) is 16.7 Å². The fraction of sp³-hybridized carbons (Fsp3) is 0.150. The summed E-state index contributed by atoms with van der Waals surface area (Å²) in [7, 11) is 0. The average molecular weight is 339 g/mol. The fourth-order valence-corrected chi connectivity index (χ4v) is 2.85. The van der Waals surface area contributed by atoms with Gasteiger partial charge < -0.3 is 10.3 Å². The van der Waals surface area contributed by atoms with Crippen LogP contribution < -0.4 is 5.32 Å². The first-order valence-corrected chi connectivity index (χ1v) is 8.28. The Bertz CT molecular complexity index is 896. The van der Waals surface area contributed by atoms with Crippen molar-refractivity contribution >= 4 is 34.5 Å². The number of benzene rings is 2. The number of hydrogen-bond acceptors (Lipinski definition) is 1. The molecule has 0 unspecified atom stereocenters. The van der Waals surface area contributed by atoms with Crippen molar-refractivity contribution in [1.82, 2.24) is 10.3 Å². The highest BCUT2D eigenvalue weighted by atomic mass is 35.5. The summed E-state index contributed by atoms with van der Waals surface area (Å²) in [6.07, 6.45) is 6.14. The molecule has 0 bridgehead atoms. The van der Waals surface area contributed by atoms with Crippen LogP contribution in [0.15, 0.2) is 54.7 Å². The second-order valence-electron chi connectivity index (χ2n) is 5.73. The molecular formula is C20H19ClN2O. The number of nitrogens with one attached hydrogen (secondary N) is 2. The standard InChI is InChI=1S/C20H19ClN2O/c1-14-4-2-3-5-15(14)6-9-20(24)22-11-10-16-13-23-19-8-7-17(21)12-18(16)19/h2-9,12-13,23H,10-11H2,1H3,(H,22,24)/b9-6+. The predicted molar refractivity (Wildman–Crippen MR) is 100 cm³/mol. The monoisotopic (exact) mass is 338 g/mol. The van der Waals surface area contributed by atoms with E-state index in [9.17, 15) is 4.79 Å². The number of hydrogen-bond donors (Lipinski definition) is 2. The van der Waals surface area contributed by atoms with Gasteiger partial charge in [-0.3, -0.25) is 4.79 Å². The Balaban J connectivity index is 1.57. The lowest BCUT2D eigenvalue weighted by Crippen LogP contribution is -2.23. The van der Waals surface area contributed by atoms with Gasteiger partial charge in [-0.2, -0.15) is 0 Å². The number of aryl methyl sites for hydroxylation is 1. The SMILES string of the molecule is Cc1ccccc1/C=C/C(=O)NCCc1c[nH]c2ccc(Cl)cc12. The van der Waals surface area contributed by atoms with E-state index >= 15 is 0 Å². The van der Waals surface area contributed by atoms with E-state index in [1.807, 2.05) is 61.7 Å². The first-order valence-electron chi connectivity index (χ1n) is 7.90. The van der Waals surface area contributed by atoms with E-state index in [0.717, 1.165) is 34.0 Å². The van der Waals surface area contributed by atoms with Gasteiger partial charge in [0.05, 0.1) is 0 Å². The first-order chi connectivity index (χ1) is 11.6. The number of carbonyl (C=O) groups is 1. The van der Waals surface area contributed by atoms with Crippen LogP contribution in [0, 0.1) is 6.92 Å². The van der Waals surface area contributed by atoms with Gasteiger partial charge in [0.15, 0.2) is 0 Å². The third kappa shape index (κ3) is 3.87. The van der Waals surface area contributed by atoms with Crippen LogP contribution in [0.5, 0.6) is 0 Å². The first kappa shape index (κ1) is 16.3. The zero-order chi connectivity index (χ0) is 16.9. The topological polar surface area (TPSA) is 44.9 Å². The van der Waals surface area contributed by atoms with E-state index in [-0.39, 0.29) is 5.91 Å². The second-order valence-corrected chi connectivity index (χ2v) is 6.17. The van der Waals surface area contributed by atoms with Crippen molar-refractivity contribution in [2.45, 2.75) is 13.3 Å². The summed E-state index contributed by atoms with van der Waals surface area (Å²) < 4.78 is 0. The lowest BCUT2D eigenvalue weighted by Gasteiger charge is -2.03. The molecular weight excluding hydrogens is 320 g/mol. The lowest BCUT2D eigenvalue weighted by atomic mass is 10.1. The Morgan fingerprint density at radius 2 is 2.08 bits per heavy atom. The lowest BCUT2D eigenvalue weighted by molar-refractivity contribution is -0.116. The molecule has 3 rings (SSSR count). The Kier molecular flexibility index (Phi) is 5.02. The number of halogens is 1. The Morgan fingerprint density at radius 1 is 1.25 bits per heavy atom. The predicted octanol–water partition coefficient (Wildman–Crippen LogP) is 4.50. The van der Waals surface area contributed by atoms with Gasteiger partial charge in [-0.15, -0.1) is 0 Å². The van der Waals surface area contributed by atoms with Crippen molar-refractivity contribution in [1.29, 1.82) is 0 Å². The quantitative estimate of drug-likeness (QED) is 0.661. The third-order valence-electron chi connectivity index (χ3n) is 4.03.